The van der Waals surface area contributed by atoms with Gasteiger partial charge in [0.1, 0.15) is 11.4 Å². The average molecular weight is 420 g/mol. The Balaban J connectivity index is 1.49. The van der Waals surface area contributed by atoms with E-state index in [2.05, 4.69) is 24.1 Å². The number of hydrogen-bond acceptors (Lipinski definition) is 3. The van der Waals surface area contributed by atoms with Gasteiger partial charge in [0.05, 0.1) is 11.4 Å². The van der Waals surface area contributed by atoms with Crippen LogP contribution in [-0.4, -0.2) is 50.8 Å². The molecular weight excluding hydrogens is 386 g/mol. The lowest BCUT2D eigenvalue weighted by Crippen LogP contribution is -2.39. The molecule has 4 rings (SSSR count). The summed E-state index contributed by atoms with van der Waals surface area (Å²) in [4.78, 5) is 15.6. The standard InChI is InChI=1S/C25H33N5O/c1-19-10-12-21(13-11-19)30-24(18-22(27-30)23-9-6-15-28(23)3)25(31)26-14-7-17-29-16-5-4-8-20(29)2/h6,9-13,15,18,20H,4-5,7-8,14,16-17H2,1-3H3,(H,26,31)/t20-/m0/s1. The minimum atomic E-state index is -0.0831. The summed E-state index contributed by atoms with van der Waals surface area (Å²) < 4.78 is 3.77. The minimum absolute atomic E-state index is 0.0831. The number of aryl methyl sites for hydroxylation is 2. The van der Waals surface area contributed by atoms with E-state index in [0.717, 1.165) is 30.0 Å². The van der Waals surface area contributed by atoms with Gasteiger partial charge in [0.15, 0.2) is 0 Å². The fourth-order valence-corrected chi connectivity index (χ4v) is 4.34. The van der Waals surface area contributed by atoms with Gasteiger partial charge in [0, 0.05) is 32.4 Å². The highest BCUT2D eigenvalue weighted by atomic mass is 16.2. The number of likely N-dealkylation sites (tertiary alicyclic amines) is 1. The van der Waals surface area contributed by atoms with Crippen molar-refractivity contribution in [3.63, 3.8) is 0 Å². The van der Waals surface area contributed by atoms with E-state index in [9.17, 15) is 4.79 Å². The molecule has 31 heavy (non-hydrogen) atoms. The Labute approximate surface area is 184 Å². The van der Waals surface area contributed by atoms with E-state index in [1.807, 2.05) is 60.3 Å². The molecule has 0 aliphatic carbocycles. The van der Waals surface area contributed by atoms with Crippen LogP contribution in [-0.2, 0) is 7.05 Å². The maximum Gasteiger partial charge on any atom is 0.270 e. The van der Waals surface area contributed by atoms with E-state index in [4.69, 9.17) is 5.10 Å². The molecular formula is C25H33N5O. The first-order valence-corrected chi connectivity index (χ1v) is 11.3. The van der Waals surface area contributed by atoms with Crippen LogP contribution >= 0.6 is 0 Å². The molecule has 3 heterocycles. The van der Waals surface area contributed by atoms with Gasteiger partial charge < -0.3 is 14.8 Å². The molecule has 0 saturated carbocycles. The Bertz CT molecular complexity index is 1020. The molecule has 0 radical (unpaired) electrons. The highest BCUT2D eigenvalue weighted by molar-refractivity contribution is 5.94. The summed E-state index contributed by atoms with van der Waals surface area (Å²) in [6.07, 6.45) is 6.85. The summed E-state index contributed by atoms with van der Waals surface area (Å²) in [5.41, 5.74) is 4.40. The molecule has 6 heteroatoms. The number of hydrogen-bond donors (Lipinski definition) is 1. The molecule has 1 aromatic carbocycles. The van der Waals surface area contributed by atoms with Crippen molar-refractivity contribution in [2.24, 2.45) is 7.05 Å². The number of piperidine rings is 1. The molecule has 0 spiro atoms. The first-order valence-electron chi connectivity index (χ1n) is 11.3. The van der Waals surface area contributed by atoms with E-state index in [-0.39, 0.29) is 5.91 Å². The van der Waals surface area contributed by atoms with Gasteiger partial charge in [-0.15, -0.1) is 0 Å². The number of nitrogens with one attached hydrogen (secondary N) is 1. The molecule has 0 unspecified atom stereocenters. The molecule has 3 aromatic rings. The largest absolute Gasteiger partial charge is 0.351 e. The molecule has 1 fully saturated rings. The summed E-state index contributed by atoms with van der Waals surface area (Å²) in [6, 6.07) is 14.6. The Hall–Kier alpha value is -2.86. The van der Waals surface area contributed by atoms with Crippen LogP contribution in [0, 0.1) is 6.92 Å². The molecule has 2 aromatic heterocycles. The van der Waals surface area contributed by atoms with E-state index in [0.29, 0.717) is 18.3 Å². The van der Waals surface area contributed by atoms with Crippen LogP contribution in [0.4, 0.5) is 0 Å². The number of nitrogens with zero attached hydrogens (tertiary/aromatic N) is 4. The topological polar surface area (TPSA) is 55.1 Å². The van der Waals surface area contributed by atoms with E-state index in [1.54, 1.807) is 4.68 Å². The summed E-state index contributed by atoms with van der Waals surface area (Å²) >= 11 is 0. The summed E-state index contributed by atoms with van der Waals surface area (Å²) in [7, 11) is 1.99. The maximum atomic E-state index is 13.1. The zero-order valence-corrected chi connectivity index (χ0v) is 18.8. The third-order valence-corrected chi connectivity index (χ3v) is 6.27. The second-order valence-corrected chi connectivity index (χ2v) is 8.66. The summed E-state index contributed by atoms with van der Waals surface area (Å²) in [5.74, 6) is -0.0831. The Morgan fingerprint density at radius 2 is 2.00 bits per heavy atom. The van der Waals surface area contributed by atoms with Gasteiger partial charge >= 0.3 is 0 Å². The van der Waals surface area contributed by atoms with Crippen LogP contribution in [0.3, 0.4) is 0 Å². The lowest BCUT2D eigenvalue weighted by molar-refractivity contribution is 0.0941. The normalized spacial score (nSPS) is 17.1. The van der Waals surface area contributed by atoms with Crippen LogP contribution in [0.25, 0.3) is 17.1 Å². The second-order valence-electron chi connectivity index (χ2n) is 8.66. The monoisotopic (exact) mass is 419 g/mol. The lowest BCUT2D eigenvalue weighted by atomic mass is 10.0. The van der Waals surface area contributed by atoms with Crippen molar-refractivity contribution < 1.29 is 4.79 Å². The number of benzene rings is 1. The average Bonchev–Trinajstić information content (AvgIpc) is 3.39. The van der Waals surface area contributed by atoms with Crippen molar-refractivity contribution in [2.45, 2.75) is 45.6 Å². The predicted molar refractivity (Wildman–Crippen MR) is 125 cm³/mol. The highest BCUT2D eigenvalue weighted by Gasteiger charge is 2.20. The van der Waals surface area contributed by atoms with E-state index in [1.165, 1.54) is 31.4 Å². The lowest BCUT2D eigenvalue weighted by Gasteiger charge is -2.33. The van der Waals surface area contributed by atoms with Gasteiger partial charge in [0.2, 0.25) is 0 Å². The van der Waals surface area contributed by atoms with Crippen LogP contribution in [0.5, 0.6) is 0 Å². The molecule has 0 bridgehead atoms. The number of carbonyl (C=O) groups is 1. The van der Waals surface area contributed by atoms with E-state index < -0.39 is 0 Å². The molecule has 1 N–H and O–H groups in total. The van der Waals surface area contributed by atoms with Crippen molar-refractivity contribution in [1.82, 2.24) is 24.6 Å². The van der Waals surface area contributed by atoms with Gasteiger partial charge in [0.25, 0.3) is 5.91 Å². The fourth-order valence-electron chi connectivity index (χ4n) is 4.34. The zero-order valence-electron chi connectivity index (χ0n) is 18.8. The first-order chi connectivity index (χ1) is 15.0. The Morgan fingerprint density at radius 1 is 1.19 bits per heavy atom. The van der Waals surface area contributed by atoms with Crippen molar-refractivity contribution in [1.29, 1.82) is 0 Å². The molecule has 1 aliphatic rings. The van der Waals surface area contributed by atoms with Crippen molar-refractivity contribution in [3.8, 4) is 17.1 Å². The summed E-state index contributed by atoms with van der Waals surface area (Å²) in [5, 5.41) is 7.89. The third-order valence-electron chi connectivity index (χ3n) is 6.27. The molecule has 1 saturated heterocycles. The Kier molecular flexibility index (Phi) is 6.56. The van der Waals surface area contributed by atoms with Gasteiger partial charge in [-0.05, 0) is 70.0 Å². The third kappa shape index (κ3) is 4.90. The van der Waals surface area contributed by atoms with Crippen LogP contribution < -0.4 is 5.32 Å². The number of rotatable bonds is 7. The van der Waals surface area contributed by atoms with Crippen LogP contribution in [0.1, 0.15) is 48.7 Å². The smallest absolute Gasteiger partial charge is 0.270 e. The van der Waals surface area contributed by atoms with Crippen molar-refractivity contribution >= 4 is 5.91 Å². The van der Waals surface area contributed by atoms with E-state index >= 15 is 0 Å². The summed E-state index contributed by atoms with van der Waals surface area (Å²) in [6.45, 7) is 7.24. The molecule has 1 amide bonds. The molecule has 1 atom stereocenters. The highest BCUT2D eigenvalue weighted by Crippen LogP contribution is 2.22. The Morgan fingerprint density at radius 3 is 2.71 bits per heavy atom. The second kappa shape index (κ2) is 9.52. The van der Waals surface area contributed by atoms with Crippen molar-refractivity contribution in [3.05, 3.63) is 59.9 Å². The van der Waals surface area contributed by atoms with Gasteiger partial charge in [-0.1, -0.05) is 24.1 Å². The van der Waals surface area contributed by atoms with Crippen LogP contribution in [0.2, 0.25) is 0 Å². The SMILES string of the molecule is Cc1ccc(-n2nc(-c3cccn3C)cc2C(=O)NCCCN2CCCC[C@@H]2C)cc1. The van der Waals surface area contributed by atoms with Crippen molar-refractivity contribution in [2.75, 3.05) is 19.6 Å². The predicted octanol–water partition coefficient (Wildman–Crippen LogP) is 4.18. The number of amides is 1. The minimum Gasteiger partial charge on any atom is -0.351 e. The molecule has 6 nitrogen and oxygen atoms in total. The zero-order chi connectivity index (χ0) is 21.8. The number of carbonyl (C=O) groups excluding carboxylic acids is 1. The first kappa shape index (κ1) is 21.4. The van der Waals surface area contributed by atoms with Gasteiger partial charge in [-0.2, -0.15) is 5.10 Å². The van der Waals surface area contributed by atoms with Gasteiger partial charge in [-0.3, -0.25) is 4.79 Å². The quantitative estimate of drug-likeness (QED) is 0.585. The number of aromatic nitrogens is 3. The molecule has 1 aliphatic heterocycles. The maximum absolute atomic E-state index is 13.1. The fraction of sp³-hybridized carbons (Fsp3) is 0.440. The van der Waals surface area contributed by atoms with Gasteiger partial charge in [-0.25, -0.2) is 4.68 Å². The molecule has 164 valence electrons. The van der Waals surface area contributed by atoms with Crippen LogP contribution in [0.15, 0.2) is 48.7 Å².